The first kappa shape index (κ1) is 36.1. The van der Waals surface area contributed by atoms with Crippen molar-refractivity contribution in [2.45, 2.75) is 58.8 Å². The number of rotatable bonds is 13. The Balaban J connectivity index is 1.83. The van der Waals surface area contributed by atoms with Crippen molar-refractivity contribution in [3.8, 4) is 0 Å². The van der Waals surface area contributed by atoms with Crippen LogP contribution in [0.3, 0.4) is 0 Å². The van der Waals surface area contributed by atoms with Gasteiger partial charge in [0.1, 0.15) is 6.54 Å². The summed E-state index contributed by atoms with van der Waals surface area (Å²) in [6.45, 7) is 8.61. The highest BCUT2D eigenvalue weighted by Crippen LogP contribution is 2.41. The topological polar surface area (TPSA) is 20.5 Å². The van der Waals surface area contributed by atoms with Crippen LogP contribution < -0.4 is 14.8 Å². The highest BCUT2D eigenvalue weighted by Gasteiger charge is 2.29. The maximum Gasteiger partial charge on any atom is 0.389 e. The van der Waals surface area contributed by atoms with Crippen molar-refractivity contribution in [3.63, 3.8) is 0 Å². The smallest absolute Gasteiger partial charge is 0.372 e. The SMILES string of the molecule is CC[NH+]=C1C=CC(=C(c2ccc(N(CC)CC)cc2)c2ccc(N(CCCC(F)(F)F)CCCC(F)(F)F)cc2Cl)c2ccccc21. The summed E-state index contributed by atoms with van der Waals surface area (Å²) in [6.07, 6.45) is -7.14. The van der Waals surface area contributed by atoms with Crippen LogP contribution in [-0.2, 0) is 0 Å². The fourth-order valence-corrected chi connectivity index (χ4v) is 6.23. The molecule has 0 spiro atoms. The average Bonchev–Trinajstić information content (AvgIpc) is 3.02. The van der Waals surface area contributed by atoms with E-state index in [4.69, 9.17) is 11.6 Å². The first-order chi connectivity index (χ1) is 22.3. The van der Waals surface area contributed by atoms with Crippen LogP contribution in [0.1, 0.15) is 68.7 Å². The third-order valence-corrected chi connectivity index (χ3v) is 8.52. The standard InChI is InChI=1S/C37H40ClF6N3/c1-4-45-34-20-19-31(29-11-7-8-12-30(29)34)35(26-13-15-27(16-14-26)46(5-2)6-3)32-18-17-28(25-33(32)38)47(23-9-21-36(39,40)41)24-10-22-37(42,43)44/h7-8,11-20,25H,4-6,9-10,21-24H2,1-3H3/p+1. The third kappa shape index (κ3) is 9.66. The molecule has 0 aliphatic heterocycles. The number of anilines is 2. The maximum absolute atomic E-state index is 12.9. The number of hydrogen-bond acceptors (Lipinski definition) is 2. The number of fused-ring (bicyclic) bond motifs is 1. The molecule has 1 aliphatic rings. The second kappa shape index (κ2) is 15.9. The predicted octanol–water partition coefficient (Wildman–Crippen LogP) is 9.10. The number of alkyl halides is 6. The van der Waals surface area contributed by atoms with E-state index < -0.39 is 25.2 Å². The third-order valence-electron chi connectivity index (χ3n) is 8.21. The monoisotopic (exact) mass is 676 g/mol. The van der Waals surface area contributed by atoms with Gasteiger partial charge in [-0.3, -0.25) is 0 Å². The molecule has 1 aliphatic carbocycles. The van der Waals surface area contributed by atoms with E-state index >= 15 is 0 Å². The van der Waals surface area contributed by atoms with Crippen molar-refractivity contribution < 1.29 is 31.3 Å². The molecule has 0 heterocycles. The average molecular weight is 677 g/mol. The van der Waals surface area contributed by atoms with Crippen LogP contribution in [-0.4, -0.2) is 50.8 Å². The van der Waals surface area contributed by atoms with E-state index in [2.05, 4.69) is 66.2 Å². The Hall–Kier alpha value is -3.72. The highest BCUT2D eigenvalue weighted by atomic mass is 35.5. The van der Waals surface area contributed by atoms with Gasteiger partial charge in [-0.05, 0) is 92.3 Å². The lowest BCUT2D eigenvalue weighted by atomic mass is 9.83. The minimum absolute atomic E-state index is 0.0486. The van der Waals surface area contributed by atoms with Crippen molar-refractivity contribution in [1.29, 1.82) is 0 Å². The summed E-state index contributed by atoms with van der Waals surface area (Å²) in [4.78, 5) is 7.23. The minimum Gasteiger partial charge on any atom is -0.372 e. The molecule has 0 amide bonds. The van der Waals surface area contributed by atoms with Gasteiger partial charge in [0.05, 0.1) is 10.6 Å². The number of hydrogen-bond donors (Lipinski definition) is 1. The number of nitrogens with one attached hydrogen (secondary N) is 1. The summed E-state index contributed by atoms with van der Waals surface area (Å²) in [5.41, 5.74) is 8.05. The Morgan fingerprint density at radius 1 is 0.702 bits per heavy atom. The Morgan fingerprint density at radius 2 is 1.28 bits per heavy atom. The number of allylic oxidation sites excluding steroid dienone is 3. The maximum atomic E-state index is 12.9. The lowest BCUT2D eigenvalue weighted by Gasteiger charge is -2.27. The lowest BCUT2D eigenvalue weighted by molar-refractivity contribution is -0.450. The number of halogens is 7. The summed E-state index contributed by atoms with van der Waals surface area (Å²) in [5.74, 6) is 0. The largest absolute Gasteiger partial charge is 0.389 e. The van der Waals surface area contributed by atoms with Gasteiger partial charge in [-0.25, -0.2) is 4.99 Å². The van der Waals surface area contributed by atoms with Gasteiger partial charge in [-0.15, -0.1) is 0 Å². The van der Waals surface area contributed by atoms with Crippen molar-refractivity contribution in [1.82, 2.24) is 0 Å². The Bertz CT molecular complexity index is 1560. The summed E-state index contributed by atoms with van der Waals surface area (Å²) in [7, 11) is 0. The molecule has 3 aromatic rings. The van der Waals surface area contributed by atoms with Crippen molar-refractivity contribution >= 4 is 39.8 Å². The van der Waals surface area contributed by atoms with Crippen LogP contribution in [0, 0.1) is 0 Å². The van der Waals surface area contributed by atoms with Gasteiger partial charge in [-0.2, -0.15) is 26.3 Å². The van der Waals surface area contributed by atoms with Crippen LogP contribution >= 0.6 is 11.6 Å². The van der Waals surface area contributed by atoms with Gasteiger partial charge in [0, 0.05) is 62.0 Å². The Morgan fingerprint density at radius 3 is 1.81 bits per heavy atom. The van der Waals surface area contributed by atoms with Crippen molar-refractivity contribution in [2.75, 3.05) is 42.5 Å². The molecule has 0 aromatic heterocycles. The molecule has 0 atom stereocenters. The molecule has 1 N–H and O–H groups in total. The summed E-state index contributed by atoms with van der Waals surface area (Å²) < 4.78 is 77.6. The quantitative estimate of drug-likeness (QED) is 0.182. The van der Waals surface area contributed by atoms with E-state index in [1.54, 1.807) is 17.0 Å². The molecule has 252 valence electrons. The molecule has 4 rings (SSSR count). The first-order valence-electron chi connectivity index (χ1n) is 16.0. The van der Waals surface area contributed by atoms with E-state index in [9.17, 15) is 26.3 Å². The molecule has 0 fully saturated rings. The molecular formula is C37H41ClF6N3+. The minimum atomic E-state index is -4.35. The molecule has 0 bridgehead atoms. The Kier molecular flexibility index (Phi) is 12.2. The number of nitrogens with zero attached hydrogens (tertiary/aromatic N) is 2. The van der Waals surface area contributed by atoms with Crippen LogP contribution in [0.4, 0.5) is 37.7 Å². The van der Waals surface area contributed by atoms with Crippen LogP contribution in [0.25, 0.3) is 11.1 Å². The fourth-order valence-electron chi connectivity index (χ4n) is 5.96. The second-order valence-electron chi connectivity index (χ2n) is 11.4. The van der Waals surface area contributed by atoms with Gasteiger partial charge in [0.15, 0.2) is 0 Å². The molecule has 3 nitrogen and oxygen atoms in total. The molecule has 0 saturated carbocycles. The van der Waals surface area contributed by atoms with E-state index in [-0.39, 0.29) is 25.9 Å². The molecular weight excluding hydrogens is 636 g/mol. The van der Waals surface area contributed by atoms with Gasteiger partial charge >= 0.3 is 12.4 Å². The molecule has 47 heavy (non-hydrogen) atoms. The summed E-state index contributed by atoms with van der Waals surface area (Å²) >= 11 is 7.01. The van der Waals surface area contributed by atoms with E-state index in [1.807, 2.05) is 31.2 Å². The normalized spacial score (nSPS) is 15.1. The zero-order valence-electron chi connectivity index (χ0n) is 26.9. The fraction of sp³-hybridized carbons (Fsp3) is 0.378. The van der Waals surface area contributed by atoms with E-state index in [0.29, 0.717) is 16.3 Å². The molecule has 0 saturated heterocycles. The van der Waals surface area contributed by atoms with Crippen LogP contribution in [0.2, 0.25) is 5.02 Å². The van der Waals surface area contributed by atoms with Crippen LogP contribution in [0.5, 0.6) is 0 Å². The molecule has 0 radical (unpaired) electrons. The molecule has 0 unspecified atom stereocenters. The van der Waals surface area contributed by atoms with Gasteiger partial charge < -0.3 is 9.80 Å². The summed E-state index contributed by atoms with van der Waals surface area (Å²) in [5, 5.41) is 0.349. The van der Waals surface area contributed by atoms with Gasteiger partial charge in [0.25, 0.3) is 0 Å². The van der Waals surface area contributed by atoms with Gasteiger partial charge in [0.2, 0.25) is 5.71 Å². The van der Waals surface area contributed by atoms with E-state index in [0.717, 1.165) is 58.9 Å². The van der Waals surface area contributed by atoms with E-state index in [1.165, 1.54) is 0 Å². The second-order valence-corrected chi connectivity index (χ2v) is 11.8. The van der Waals surface area contributed by atoms with Crippen molar-refractivity contribution in [2.24, 2.45) is 0 Å². The zero-order valence-corrected chi connectivity index (χ0v) is 27.7. The highest BCUT2D eigenvalue weighted by molar-refractivity contribution is 6.33. The molecule has 10 heteroatoms. The van der Waals surface area contributed by atoms with Crippen LogP contribution in [0.15, 0.2) is 78.9 Å². The molecule has 3 aromatic carbocycles. The first-order valence-corrected chi connectivity index (χ1v) is 16.4. The van der Waals surface area contributed by atoms with Gasteiger partial charge in [-0.1, -0.05) is 48.0 Å². The predicted molar refractivity (Wildman–Crippen MR) is 181 cm³/mol. The number of benzene rings is 3. The Labute approximate surface area is 278 Å². The van der Waals surface area contributed by atoms with Crippen molar-refractivity contribution in [3.05, 3.63) is 106 Å². The summed E-state index contributed by atoms with van der Waals surface area (Å²) in [6, 6.07) is 21.5. The lowest BCUT2D eigenvalue weighted by Crippen LogP contribution is -2.72. The zero-order chi connectivity index (χ0) is 34.2.